The summed E-state index contributed by atoms with van der Waals surface area (Å²) in [7, 11) is 0. The summed E-state index contributed by atoms with van der Waals surface area (Å²) in [4.78, 5) is 18.0. The Hall–Kier alpha value is -1.10. The Morgan fingerprint density at radius 2 is 2.28 bits per heavy atom. The highest BCUT2D eigenvalue weighted by Crippen LogP contribution is 2.32. The first-order valence-electron chi connectivity index (χ1n) is 6.30. The summed E-state index contributed by atoms with van der Waals surface area (Å²) in [6, 6.07) is 3.76. The number of ether oxygens (including phenoxy) is 1. The van der Waals surface area contributed by atoms with Crippen molar-refractivity contribution in [1.29, 1.82) is 0 Å². The van der Waals surface area contributed by atoms with E-state index in [-0.39, 0.29) is 6.10 Å². The molecule has 1 aliphatic heterocycles. The minimum atomic E-state index is 0.0684. The van der Waals surface area contributed by atoms with Gasteiger partial charge in [0.25, 0.3) is 0 Å². The molecule has 1 aromatic heterocycles. The number of carbonyl (C=O) groups excluding carboxylic acids is 1. The molecule has 4 nitrogen and oxygen atoms in total. The van der Waals surface area contributed by atoms with Crippen LogP contribution in [0.2, 0.25) is 0 Å². The predicted octanol–water partition coefficient (Wildman–Crippen LogP) is 2.23. The van der Waals surface area contributed by atoms with E-state index in [0.29, 0.717) is 24.2 Å². The quantitative estimate of drug-likeness (QED) is 0.860. The summed E-state index contributed by atoms with van der Waals surface area (Å²) >= 11 is 3.41. The average molecular weight is 311 g/mol. The molecule has 0 bridgehead atoms. The number of pyridine rings is 1. The van der Waals surface area contributed by atoms with E-state index in [4.69, 9.17) is 4.74 Å². The summed E-state index contributed by atoms with van der Waals surface area (Å²) in [6.45, 7) is 1.50. The van der Waals surface area contributed by atoms with Gasteiger partial charge in [-0.3, -0.25) is 4.79 Å². The molecule has 1 unspecified atom stereocenters. The van der Waals surface area contributed by atoms with Gasteiger partial charge in [0.05, 0.1) is 11.0 Å². The summed E-state index contributed by atoms with van der Waals surface area (Å²) in [5.41, 5.74) is 0. The Balaban J connectivity index is 1.59. The predicted molar refractivity (Wildman–Crippen MR) is 70.3 cm³/mol. The number of amides is 1. The van der Waals surface area contributed by atoms with Gasteiger partial charge in [0.15, 0.2) is 0 Å². The van der Waals surface area contributed by atoms with Gasteiger partial charge in [-0.1, -0.05) is 0 Å². The van der Waals surface area contributed by atoms with Crippen LogP contribution in [0, 0.1) is 5.92 Å². The van der Waals surface area contributed by atoms with Crippen molar-refractivity contribution in [2.45, 2.75) is 25.4 Å². The van der Waals surface area contributed by atoms with Gasteiger partial charge in [-0.05, 0) is 40.9 Å². The molecule has 1 aromatic rings. The molecule has 1 atom stereocenters. The van der Waals surface area contributed by atoms with Crippen LogP contribution in [0.15, 0.2) is 22.8 Å². The highest BCUT2D eigenvalue weighted by molar-refractivity contribution is 9.10. The molecule has 2 heterocycles. The standard InChI is InChI=1S/C13H15BrN2O2/c14-11-2-1-6-15-12(11)18-10-5-7-16(8-10)13(17)9-3-4-9/h1-2,6,9-10H,3-5,7-8H2. The summed E-state index contributed by atoms with van der Waals surface area (Å²) in [5, 5.41) is 0. The van der Waals surface area contributed by atoms with E-state index in [0.717, 1.165) is 30.3 Å². The van der Waals surface area contributed by atoms with Crippen LogP contribution in [0.25, 0.3) is 0 Å². The fourth-order valence-corrected chi connectivity index (χ4v) is 2.58. The second-order valence-electron chi connectivity index (χ2n) is 4.88. The van der Waals surface area contributed by atoms with Crippen LogP contribution in [0.4, 0.5) is 0 Å². The van der Waals surface area contributed by atoms with E-state index in [9.17, 15) is 4.79 Å². The number of halogens is 1. The third kappa shape index (κ3) is 2.51. The molecule has 1 amide bonds. The van der Waals surface area contributed by atoms with Crippen LogP contribution in [-0.4, -0.2) is 35.0 Å². The van der Waals surface area contributed by atoms with Gasteiger partial charge in [0.1, 0.15) is 6.10 Å². The van der Waals surface area contributed by atoms with Gasteiger partial charge in [-0.15, -0.1) is 0 Å². The van der Waals surface area contributed by atoms with Crippen LogP contribution in [0.5, 0.6) is 5.88 Å². The Kier molecular flexibility index (Phi) is 3.24. The molecule has 96 valence electrons. The molecule has 0 radical (unpaired) electrons. The average Bonchev–Trinajstić information content (AvgIpc) is 3.12. The number of likely N-dealkylation sites (tertiary alicyclic amines) is 1. The summed E-state index contributed by atoms with van der Waals surface area (Å²) < 4.78 is 6.69. The van der Waals surface area contributed by atoms with E-state index < -0.39 is 0 Å². The maximum Gasteiger partial charge on any atom is 0.228 e. The molecule has 5 heteroatoms. The number of hydrogen-bond donors (Lipinski definition) is 0. The molecule has 0 N–H and O–H groups in total. The maximum absolute atomic E-state index is 11.9. The lowest BCUT2D eigenvalue weighted by atomic mass is 10.3. The van der Waals surface area contributed by atoms with E-state index in [2.05, 4.69) is 20.9 Å². The lowest BCUT2D eigenvalue weighted by Crippen LogP contribution is -2.32. The van der Waals surface area contributed by atoms with Gasteiger partial charge >= 0.3 is 0 Å². The van der Waals surface area contributed by atoms with Crippen LogP contribution in [0.1, 0.15) is 19.3 Å². The minimum Gasteiger partial charge on any atom is -0.472 e. The van der Waals surface area contributed by atoms with Crippen molar-refractivity contribution >= 4 is 21.8 Å². The van der Waals surface area contributed by atoms with Crippen molar-refractivity contribution in [3.8, 4) is 5.88 Å². The molecule has 18 heavy (non-hydrogen) atoms. The summed E-state index contributed by atoms with van der Waals surface area (Å²) in [6.07, 6.45) is 4.79. The topological polar surface area (TPSA) is 42.4 Å². The largest absolute Gasteiger partial charge is 0.472 e. The highest BCUT2D eigenvalue weighted by Gasteiger charge is 2.37. The van der Waals surface area contributed by atoms with Crippen molar-refractivity contribution in [2.24, 2.45) is 5.92 Å². The van der Waals surface area contributed by atoms with Crippen LogP contribution >= 0.6 is 15.9 Å². The molecule has 1 saturated heterocycles. The second-order valence-corrected chi connectivity index (χ2v) is 5.73. The molecular weight excluding hydrogens is 296 g/mol. The van der Waals surface area contributed by atoms with E-state index in [1.54, 1.807) is 6.20 Å². The van der Waals surface area contributed by atoms with Crippen molar-refractivity contribution in [2.75, 3.05) is 13.1 Å². The first-order valence-corrected chi connectivity index (χ1v) is 7.09. The second kappa shape index (κ2) is 4.88. The molecule has 0 aromatic carbocycles. The Morgan fingerprint density at radius 3 is 3.00 bits per heavy atom. The molecule has 0 spiro atoms. The van der Waals surface area contributed by atoms with Gasteiger partial charge in [-0.2, -0.15) is 0 Å². The number of rotatable bonds is 3. The Morgan fingerprint density at radius 1 is 1.44 bits per heavy atom. The molecule has 2 aliphatic rings. The van der Waals surface area contributed by atoms with Crippen molar-refractivity contribution in [3.63, 3.8) is 0 Å². The zero-order valence-corrected chi connectivity index (χ0v) is 11.6. The third-order valence-electron chi connectivity index (χ3n) is 3.39. The van der Waals surface area contributed by atoms with E-state index in [1.165, 1.54) is 0 Å². The number of carbonyl (C=O) groups is 1. The van der Waals surface area contributed by atoms with E-state index in [1.807, 2.05) is 17.0 Å². The monoisotopic (exact) mass is 310 g/mol. The lowest BCUT2D eigenvalue weighted by Gasteiger charge is -2.17. The molecule has 1 saturated carbocycles. The normalized spacial score (nSPS) is 23.2. The fraction of sp³-hybridized carbons (Fsp3) is 0.538. The number of hydrogen-bond acceptors (Lipinski definition) is 3. The number of nitrogens with zero attached hydrogens (tertiary/aromatic N) is 2. The lowest BCUT2D eigenvalue weighted by molar-refractivity contribution is -0.131. The third-order valence-corrected chi connectivity index (χ3v) is 3.99. The van der Waals surface area contributed by atoms with Crippen LogP contribution in [-0.2, 0) is 4.79 Å². The van der Waals surface area contributed by atoms with Gasteiger partial charge in [0, 0.05) is 25.1 Å². The zero-order chi connectivity index (χ0) is 12.5. The Labute approximate surface area is 114 Å². The van der Waals surface area contributed by atoms with Gasteiger partial charge in [-0.25, -0.2) is 4.98 Å². The SMILES string of the molecule is O=C(C1CC1)N1CCC(Oc2ncccc2Br)C1. The minimum absolute atomic E-state index is 0.0684. The maximum atomic E-state index is 11.9. The van der Waals surface area contributed by atoms with Crippen LogP contribution < -0.4 is 4.74 Å². The smallest absolute Gasteiger partial charge is 0.228 e. The zero-order valence-electron chi connectivity index (χ0n) is 10.0. The first kappa shape index (κ1) is 12.0. The molecular formula is C13H15BrN2O2. The van der Waals surface area contributed by atoms with E-state index >= 15 is 0 Å². The summed E-state index contributed by atoms with van der Waals surface area (Å²) in [5.74, 6) is 1.22. The molecule has 2 fully saturated rings. The number of aromatic nitrogens is 1. The molecule has 3 rings (SSSR count). The van der Waals surface area contributed by atoms with Gasteiger partial charge in [0.2, 0.25) is 11.8 Å². The fourth-order valence-electron chi connectivity index (χ4n) is 2.23. The first-order chi connectivity index (χ1) is 8.74. The van der Waals surface area contributed by atoms with Gasteiger partial charge < -0.3 is 9.64 Å². The van der Waals surface area contributed by atoms with Crippen LogP contribution in [0.3, 0.4) is 0 Å². The highest BCUT2D eigenvalue weighted by atomic mass is 79.9. The Bertz CT molecular complexity index is 462. The molecule has 1 aliphatic carbocycles. The van der Waals surface area contributed by atoms with Crippen molar-refractivity contribution < 1.29 is 9.53 Å². The van der Waals surface area contributed by atoms with Crippen molar-refractivity contribution in [3.05, 3.63) is 22.8 Å². The van der Waals surface area contributed by atoms with Crippen molar-refractivity contribution in [1.82, 2.24) is 9.88 Å².